The molecule has 6 nitrogen and oxygen atoms in total. The molecule has 1 amide bonds. The lowest BCUT2D eigenvalue weighted by Crippen LogP contribution is -2.30. The highest BCUT2D eigenvalue weighted by Gasteiger charge is 2.39. The monoisotopic (exact) mass is 247 g/mol. The third kappa shape index (κ3) is 2.47. The highest BCUT2D eigenvalue weighted by atomic mass is 19.4. The summed E-state index contributed by atoms with van der Waals surface area (Å²) >= 11 is 0. The molecule has 9 heteroatoms. The minimum atomic E-state index is -5.02. The first kappa shape index (κ1) is 12.8. The molecule has 17 heavy (non-hydrogen) atoms. The number of nitrogens with zero attached hydrogens (tertiary/aromatic N) is 3. The van der Waals surface area contributed by atoms with Crippen molar-refractivity contribution in [3.05, 3.63) is 5.56 Å². The smallest absolute Gasteiger partial charge is 0.372 e. The van der Waals surface area contributed by atoms with Crippen LogP contribution in [-0.2, 0) is 11.8 Å². The summed E-state index contributed by atoms with van der Waals surface area (Å²) in [5.74, 6) is -2.39. The summed E-state index contributed by atoms with van der Waals surface area (Å²) in [6.07, 6.45) is -5.02. The molecule has 2 N–H and O–H groups in total. The molecule has 0 aliphatic rings. The van der Waals surface area contributed by atoms with Gasteiger partial charge in [0.05, 0.1) is 0 Å². The molecule has 0 saturated heterocycles. The summed E-state index contributed by atoms with van der Waals surface area (Å²) in [6, 6.07) is 1.66. The predicted octanol–water partition coefficient (Wildman–Crippen LogP) is 0.834. The zero-order valence-corrected chi connectivity index (χ0v) is 8.88. The van der Waals surface area contributed by atoms with Gasteiger partial charge in [-0.15, -0.1) is 0 Å². The van der Waals surface area contributed by atoms with Crippen LogP contribution in [0.5, 0.6) is 0 Å². The van der Waals surface area contributed by atoms with Gasteiger partial charge in [0.2, 0.25) is 0 Å². The molecule has 0 unspecified atom stereocenters. The van der Waals surface area contributed by atoms with Crippen molar-refractivity contribution in [3.8, 4) is 6.07 Å². The average molecular weight is 247 g/mol. The van der Waals surface area contributed by atoms with E-state index in [0.29, 0.717) is 0 Å². The van der Waals surface area contributed by atoms with Crippen molar-refractivity contribution in [1.29, 1.82) is 5.26 Å². The minimum Gasteiger partial charge on any atom is -0.372 e. The molecular weight excluding hydrogens is 239 g/mol. The van der Waals surface area contributed by atoms with Gasteiger partial charge in [-0.2, -0.15) is 23.5 Å². The SMILES string of the molecule is CNc1c(C#N)c(NC(=O)C(F)(F)F)nn1C. The quantitative estimate of drug-likeness (QED) is 0.811. The fourth-order valence-electron chi connectivity index (χ4n) is 1.18. The fourth-order valence-corrected chi connectivity index (χ4v) is 1.18. The summed E-state index contributed by atoms with van der Waals surface area (Å²) in [6.45, 7) is 0. The second kappa shape index (κ2) is 4.32. The van der Waals surface area contributed by atoms with Crippen LogP contribution >= 0.6 is 0 Å². The van der Waals surface area contributed by atoms with E-state index >= 15 is 0 Å². The number of rotatable bonds is 2. The molecule has 1 aromatic heterocycles. The van der Waals surface area contributed by atoms with Crippen molar-refractivity contribution < 1.29 is 18.0 Å². The Labute approximate surface area is 94.0 Å². The lowest BCUT2D eigenvalue weighted by atomic mass is 10.3. The molecule has 0 aliphatic heterocycles. The maximum Gasteiger partial charge on any atom is 0.471 e. The van der Waals surface area contributed by atoms with Gasteiger partial charge in [0.15, 0.2) is 5.82 Å². The molecule has 0 fully saturated rings. The van der Waals surface area contributed by atoms with Gasteiger partial charge in [0.1, 0.15) is 17.5 Å². The Bertz CT molecular complexity index is 485. The zero-order chi connectivity index (χ0) is 13.2. The summed E-state index contributed by atoms with van der Waals surface area (Å²) in [4.78, 5) is 10.7. The van der Waals surface area contributed by atoms with Gasteiger partial charge < -0.3 is 10.6 Å². The maximum atomic E-state index is 12.0. The highest BCUT2D eigenvalue weighted by Crippen LogP contribution is 2.24. The Morgan fingerprint density at radius 3 is 2.53 bits per heavy atom. The zero-order valence-electron chi connectivity index (χ0n) is 8.88. The molecule has 0 aliphatic carbocycles. The van der Waals surface area contributed by atoms with E-state index in [1.165, 1.54) is 19.4 Å². The second-order valence-electron chi connectivity index (χ2n) is 3.01. The lowest BCUT2D eigenvalue weighted by molar-refractivity contribution is -0.167. The van der Waals surface area contributed by atoms with Crippen molar-refractivity contribution >= 4 is 17.5 Å². The predicted molar refractivity (Wildman–Crippen MR) is 52.2 cm³/mol. The maximum absolute atomic E-state index is 12.0. The largest absolute Gasteiger partial charge is 0.471 e. The Morgan fingerprint density at radius 1 is 1.53 bits per heavy atom. The normalized spacial score (nSPS) is 10.8. The van der Waals surface area contributed by atoms with Gasteiger partial charge in [-0.1, -0.05) is 0 Å². The van der Waals surface area contributed by atoms with E-state index < -0.39 is 17.9 Å². The molecule has 0 aromatic carbocycles. The molecular formula is C8H8F3N5O. The standard InChI is InChI=1S/C8H8F3N5O/c1-13-6-4(3-12)5(15-16(6)2)14-7(17)8(9,10)11/h13H,1-2H3,(H,14,15,17). The Hall–Kier alpha value is -2.24. The molecule has 0 atom stereocenters. The minimum absolute atomic E-state index is 0.160. The first-order valence-corrected chi connectivity index (χ1v) is 4.34. The first-order valence-electron chi connectivity index (χ1n) is 4.34. The van der Waals surface area contributed by atoms with E-state index in [4.69, 9.17) is 5.26 Å². The fraction of sp³-hybridized carbons (Fsp3) is 0.375. The Morgan fingerprint density at radius 2 is 2.12 bits per heavy atom. The van der Waals surface area contributed by atoms with E-state index in [1.807, 2.05) is 0 Å². The molecule has 0 bridgehead atoms. The summed E-state index contributed by atoms with van der Waals surface area (Å²) in [5, 5.41) is 16.5. The van der Waals surface area contributed by atoms with Gasteiger partial charge in [-0.05, 0) is 0 Å². The van der Waals surface area contributed by atoms with Crippen molar-refractivity contribution in [2.45, 2.75) is 6.18 Å². The average Bonchev–Trinajstić information content (AvgIpc) is 2.52. The third-order valence-electron chi connectivity index (χ3n) is 1.89. The third-order valence-corrected chi connectivity index (χ3v) is 1.89. The molecule has 0 spiro atoms. The van der Waals surface area contributed by atoms with Crippen LogP contribution in [0.25, 0.3) is 0 Å². The number of nitriles is 1. The second-order valence-corrected chi connectivity index (χ2v) is 3.01. The number of alkyl halides is 3. The van der Waals surface area contributed by atoms with Crippen LogP contribution in [0.3, 0.4) is 0 Å². The van der Waals surface area contributed by atoms with Gasteiger partial charge in [0, 0.05) is 14.1 Å². The number of hydrogen-bond donors (Lipinski definition) is 2. The van der Waals surface area contributed by atoms with Gasteiger partial charge in [0.25, 0.3) is 0 Å². The van der Waals surface area contributed by atoms with Crippen LogP contribution in [0.15, 0.2) is 0 Å². The highest BCUT2D eigenvalue weighted by molar-refractivity contribution is 5.95. The van der Waals surface area contributed by atoms with Gasteiger partial charge in [-0.25, -0.2) is 4.68 Å². The van der Waals surface area contributed by atoms with Crippen molar-refractivity contribution in [2.24, 2.45) is 7.05 Å². The summed E-state index contributed by atoms with van der Waals surface area (Å²) < 4.78 is 37.2. The topological polar surface area (TPSA) is 82.7 Å². The number of hydrogen-bond acceptors (Lipinski definition) is 4. The summed E-state index contributed by atoms with van der Waals surface area (Å²) in [7, 11) is 2.91. The molecule has 92 valence electrons. The van der Waals surface area contributed by atoms with E-state index in [1.54, 1.807) is 6.07 Å². The van der Waals surface area contributed by atoms with Crippen LogP contribution in [0.4, 0.5) is 24.8 Å². The molecule has 1 rings (SSSR count). The molecule has 0 radical (unpaired) electrons. The van der Waals surface area contributed by atoms with Crippen LogP contribution in [-0.4, -0.2) is 28.9 Å². The number of anilines is 2. The van der Waals surface area contributed by atoms with Crippen LogP contribution in [0, 0.1) is 11.3 Å². The number of carbonyl (C=O) groups excluding carboxylic acids is 1. The van der Waals surface area contributed by atoms with Gasteiger partial charge >= 0.3 is 12.1 Å². The number of aromatic nitrogens is 2. The lowest BCUT2D eigenvalue weighted by Gasteiger charge is -2.05. The van der Waals surface area contributed by atoms with Crippen LogP contribution in [0.2, 0.25) is 0 Å². The van der Waals surface area contributed by atoms with E-state index in [-0.39, 0.29) is 11.4 Å². The van der Waals surface area contributed by atoms with Crippen molar-refractivity contribution in [2.75, 3.05) is 17.7 Å². The summed E-state index contributed by atoms with van der Waals surface area (Å²) in [5.41, 5.74) is -0.160. The van der Waals surface area contributed by atoms with Crippen LogP contribution < -0.4 is 10.6 Å². The van der Waals surface area contributed by atoms with E-state index in [9.17, 15) is 18.0 Å². The number of nitrogens with one attached hydrogen (secondary N) is 2. The molecule has 0 saturated carbocycles. The first-order chi connectivity index (χ1) is 7.81. The Kier molecular flexibility index (Phi) is 3.26. The number of halogens is 3. The van der Waals surface area contributed by atoms with Crippen molar-refractivity contribution in [3.63, 3.8) is 0 Å². The number of carbonyl (C=O) groups is 1. The van der Waals surface area contributed by atoms with Crippen molar-refractivity contribution in [1.82, 2.24) is 9.78 Å². The van der Waals surface area contributed by atoms with E-state index in [0.717, 1.165) is 4.68 Å². The molecule has 1 aromatic rings. The van der Waals surface area contributed by atoms with Gasteiger partial charge in [-0.3, -0.25) is 4.79 Å². The molecule has 1 heterocycles. The van der Waals surface area contributed by atoms with E-state index in [2.05, 4.69) is 10.4 Å². The Balaban J connectivity index is 3.09. The number of amides is 1. The number of aryl methyl sites for hydroxylation is 1. The van der Waals surface area contributed by atoms with Crippen LogP contribution in [0.1, 0.15) is 5.56 Å².